The lowest BCUT2D eigenvalue weighted by molar-refractivity contribution is 0.583. The van der Waals surface area contributed by atoms with Crippen LogP contribution in [0.1, 0.15) is 5.76 Å². The summed E-state index contributed by atoms with van der Waals surface area (Å²) >= 11 is 0. The summed E-state index contributed by atoms with van der Waals surface area (Å²) in [5.74, 6) is 0.947. The van der Waals surface area contributed by atoms with E-state index in [-0.39, 0.29) is 0 Å². The Balaban J connectivity index is 1.76. The van der Waals surface area contributed by atoms with Gasteiger partial charge < -0.3 is 4.42 Å². The summed E-state index contributed by atoms with van der Waals surface area (Å²) in [7, 11) is 0. The molecule has 0 radical (unpaired) electrons. The molecule has 4 aromatic heterocycles. The number of para-hydroxylation sites is 1. The lowest BCUT2D eigenvalue weighted by Gasteiger charge is -2.07. The van der Waals surface area contributed by atoms with Crippen molar-refractivity contribution in [3.63, 3.8) is 0 Å². The maximum atomic E-state index is 6.08. The highest BCUT2D eigenvalue weighted by atomic mass is 16.3. The number of furan rings is 1. The number of aryl methyl sites for hydroxylation is 1. The van der Waals surface area contributed by atoms with Gasteiger partial charge in [0.2, 0.25) is 0 Å². The Morgan fingerprint density at radius 2 is 1.62 bits per heavy atom. The minimum atomic E-state index is 0.896. The average molecular weight is 372 g/mol. The van der Waals surface area contributed by atoms with Crippen molar-refractivity contribution >= 4 is 49.2 Å². The van der Waals surface area contributed by atoms with Crippen molar-refractivity contribution in [2.75, 3.05) is 0 Å². The smallest absolute Gasteiger partial charge is 0.149 e. The molecule has 0 aliphatic carbocycles. The van der Waals surface area contributed by atoms with Crippen molar-refractivity contribution in [3.8, 4) is 11.1 Å². The van der Waals surface area contributed by atoms with E-state index in [2.05, 4.69) is 71.1 Å². The molecule has 0 N–H and O–H groups in total. The SMILES string of the molecule is Cc1oc2ccnc3c2c1c1cccc2c4cc(-c5ccccc5)ccc4n3c21. The van der Waals surface area contributed by atoms with Gasteiger partial charge in [-0.2, -0.15) is 0 Å². The minimum absolute atomic E-state index is 0.896. The minimum Gasteiger partial charge on any atom is -0.460 e. The largest absolute Gasteiger partial charge is 0.460 e. The summed E-state index contributed by atoms with van der Waals surface area (Å²) in [5, 5.41) is 6.00. The van der Waals surface area contributed by atoms with E-state index in [9.17, 15) is 0 Å². The number of hydrogen-bond donors (Lipinski definition) is 0. The van der Waals surface area contributed by atoms with Gasteiger partial charge in [0.15, 0.2) is 0 Å². The molecule has 0 atom stereocenters. The number of fused-ring (bicyclic) bond motifs is 5. The number of pyridine rings is 2. The Bertz CT molecular complexity index is 1700. The van der Waals surface area contributed by atoms with Crippen LogP contribution in [0.25, 0.3) is 60.3 Å². The molecule has 7 rings (SSSR count). The third-order valence-corrected chi connectivity index (χ3v) is 6.13. The topological polar surface area (TPSA) is 30.4 Å². The van der Waals surface area contributed by atoms with Crippen LogP contribution in [0.2, 0.25) is 0 Å². The zero-order valence-corrected chi connectivity index (χ0v) is 15.8. The van der Waals surface area contributed by atoms with Gasteiger partial charge in [-0.1, -0.05) is 54.6 Å². The Hall–Kier alpha value is -3.85. The van der Waals surface area contributed by atoms with Crippen molar-refractivity contribution in [1.82, 2.24) is 9.38 Å². The molecule has 0 aliphatic heterocycles. The van der Waals surface area contributed by atoms with Gasteiger partial charge in [0.05, 0.1) is 16.4 Å². The fourth-order valence-corrected chi connectivity index (χ4v) is 4.94. The molecule has 0 bridgehead atoms. The number of nitrogens with zero attached hydrogens (tertiary/aromatic N) is 2. The number of benzene rings is 3. The molecule has 3 heteroatoms. The molecule has 0 saturated heterocycles. The standard InChI is InChI=1S/C26H16N2O/c1-15-23-19-9-5-8-18-20-14-17(16-6-3-2-4-7-16)10-11-21(20)28(25(18)19)26-24(23)22(29-15)12-13-27-26/h2-14H,1H3. The van der Waals surface area contributed by atoms with Crippen LogP contribution in [-0.4, -0.2) is 9.38 Å². The maximum Gasteiger partial charge on any atom is 0.149 e. The van der Waals surface area contributed by atoms with E-state index < -0.39 is 0 Å². The first-order valence-electron chi connectivity index (χ1n) is 9.83. The van der Waals surface area contributed by atoms with Crippen molar-refractivity contribution in [2.24, 2.45) is 0 Å². The van der Waals surface area contributed by atoms with E-state index in [1.54, 1.807) is 0 Å². The summed E-state index contributed by atoms with van der Waals surface area (Å²) in [6.45, 7) is 2.05. The summed E-state index contributed by atoms with van der Waals surface area (Å²) in [6.07, 6.45) is 1.84. The molecule has 0 fully saturated rings. The first kappa shape index (κ1) is 15.1. The lowest BCUT2D eigenvalue weighted by Crippen LogP contribution is -1.93. The van der Waals surface area contributed by atoms with Crippen molar-refractivity contribution in [1.29, 1.82) is 0 Å². The van der Waals surface area contributed by atoms with Crippen molar-refractivity contribution in [3.05, 3.63) is 84.8 Å². The Labute approximate surface area is 166 Å². The molecule has 0 unspecified atom stereocenters. The molecule has 4 heterocycles. The third-order valence-electron chi connectivity index (χ3n) is 6.13. The third kappa shape index (κ3) is 1.80. The molecule has 0 spiro atoms. The monoisotopic (exact) mass is 372 g/mol. The van der Waals surface area contributed by atoms with Crippen molar-refractivity contribution < 1.29 is 4.42 Å². The molecule has 136 valence electrons. The van der Waals surface area contributed by atoms with Gasteiger partial charge in [0.1, 0.15) is 17.0 Å². The van der Waals surface area contributed by atoms with E-state index in [0.29, 0.717) is 0 Å². The van der Waals surface area contributed by atoms with Crippen LogP contribution < -0.4 is 0 Å². The van der Waals surface area contributed by atoms with Crippen LogP contribution in [0.15, 0.2) is 83.4 Å². The van der Waals surface area contributed by atoms with Crippen LogP contribution in [0.3, 0.4) is 0 Å². The van der Waals surface area contributed by atoms with Crippen LogP contribution in [0.5, 0.6) is 0 Å². The zero-order chi connectivity index (χ0) is 19.1. The quantitative estimate of drug-likeness (QED) is 0.292. The molecule has 7 aromatic rings. The van der Waals surface area contributed by atoms with Gasteiger partial charge in [-0.05, 0) is 36.2 Å². The molecule has 0 aliphatic rings. The Kier molecular flexibility index (Phi) is 2.68. The number of rotatable bonds is 1. The maximum absolute atomic E-state index is 6.08. The van der Waals surface area contributed by atoms with Gasteiger partial charge in [-0.25, -0.2) is 4.98 Å². The Morgan fingerprint density at radius 1 is 0.759 bits per heavy atom. The summed E-state index contributed by atoms with van der Waals surface area (Å²) in [4.78, 5) is 4.78. The lowest BCUT2D eigenvalue weighted by atomic mass is 10.0. The van der Waals surface area contributed by atoms with E-state index in [4.69, 9.17) is 9.40 Å². The van der Waals surface area contributed by atoms with Gasteiger partial charge in [-0.15, -0.1) is 0 Å². The molecule has 29 heavy (non-hydrogen) atoms. The van der Waals surface area contributed by atoms with Crippen LogP contribution in [0.4, 0.5) is 0 Å². The van der Waals surface area contributed by atoms with Crippen molar-refractivity contribution in [2.45, 2.75) is 6.92 Å². The second-order valence-electron chi connectivity index (χ2n) is 7.68. The number of hydrogen-bond acceptors (Lipinski definition) is 2. The molecule has 0 saturated carbocycles. The molecule has 3 aromatic carbocycles. The van der Waals surface area contributed by atoms with Gasteiger partial charge in [0.25, 0.3) is 0 Å². The molecule has 3 nitrogen and oxygen atoms in total. The van der Waals surface area contributed by atoms with Gasteiger partial charge >= 0.3 is 0 Å². The second-order valence-corrected chi connectivity index (χ2v) is 7.68. The highest BCUT2D eigenvalue weighted by molar-refractivity contribution is 6.26. The normalized spacial score (nSPS) is 12.3. The predicted octanol–water partition coefficient (Wildman–Crippen LogP) is 6.95. The van der Waals surface area contributed by atoms with E-state index in [1.165, 1.54) is 43.7 Å². The van der Waals surface area contributed by atoms with Crippen LogP contribution in [-0.2, 0) is 0 Å². The highest BCUT2D eigenvalue weighted by Crippen LogP contribution is 2.42. The van der Waals surface area contributed by atoms with Crippen LogP contribution in [0, 0.1) is 6.92 Å². The summed E-state index contributed by atoms with van der Waals surface area (Å²) in [5.41, 5.74) is 6.70. The molecular weight excluding hydrogens is 356 g/mol. The van der Waals surface area contributed by atoms with Gasteiger partial charge in [0, 0.05) is 27.7 Å². The summed E-state index contributed by atoms with van der Waals surface area (Å²) < 4.78 is 8.38. The van der Waals surface area contributed by atoms with Gasteiger partial charge in [-0.3, -0.25) is 4.40 Å². The first-order valence-corrected chi connectivity index (χ1v) is 9.83. The van der Waals surface area contributed by atoms with Crippen LogP contribution >= 0.6 is 0 Å². The predicted molar refractivity (Wildman–Crippen MR) is 119 cm³/mol. The fraction of sp³-hybridized carbons (Fsp3) is 0.0385. The first-order chi connectivity index (χ1) is 14.3. The number of aromatic nitrogens is 2. The Morgan fingerprint density at radius 3 is 2.52 bits per heavy atom. The van der Waals surface area contributed by atoms with E-state index in [0.717, 1.165) is 22.4 Å². The average Bonchev–Trinajstić information content (AvgIpc) is 3.28. The highest BCUT2D eigenvalue weighted by Gasteiger charge is 2.21. The molecular formula is C26H16N2O. The fourth-order valence-electron chi connectivity index (χ4n) is 4.94. The second kappa shape index (κ2) is 5.15. The van der Waals surface area contributed by atoms with E-state index >= 15 is 0 Å². The summed E-state index contributed by atoms with van der Waals surface area (Å²) in [6, 6.07) is 25.8. The van der Waals surface area contributed by atoms with E-state index in [1.807, 2.05) is 19.2 Å². The molecule has 0 amide bonds. The zero-order valence-electron chi connectivity index (χ0n) is 15.8.